The van der Waals surface area contributed by atoms with Crippen molar-refractivity contribution < 1.29 is 15.0 Å². The predicted octanol–water partition coefficient (Wildman–Crippen LogP) is 1.46. The number of hydrogen-bond acceptors (Lipinski definition) is 8. The molecular formula is C28H34N9O2+. The summed E-state index contributed by atoms with van der Waals surface area (Å²) < 4.78 is 0. The summed E-state index contributed by atoms with van der Waals surface area (Å²) in [6.45, 7) is 7.15. The highest BCUT2D eigenvalue weighted by Gasteiger charge is 2.36. The quantitative estimate of drug-likeness (QED) is 0.171. The summed E-state index contributed by atoms with van der Waals surface area (Å²) in [7, 11) is 0. The number of carbonyl (C=O) groups is 2. The second kappa shape index (κ2) is 11.3. The Balaban J connectivity index is 1.42. The van der Waals surface area contributed by atoms with Gasteiger partial charge in [-0.2, -0.15) is 5.43 Å². The van der Waals surface area contributed by atoms with Crippen molar-refractivity contribution >= 4 is 45.6 Å². The number of nitrogens with zero attached hydrogens (tertiary/aromatic N) is 5. The molecule has 1 aromatic heterocycles. The van der Waals surface area contributed by atoms with Gasteiger partial charge in [-0.1, -0.05) is 49.3 Å². The zero-order valence-electron chi connectivity index (χ0n) is 22.4. The van der Waals surface area contributed by atoms with Crippen LogP contribution >= 0.6 is 0 Å². The van der Waals surface area contributed by atoms with Gasteiger partial charge in [-0.25, -0.2) is 9.97 Å². The maximum atomic E-state index is 13.5. The standard InChI is InChI=1S/C28H33N9O2/c1-17(2)24-27(38)32-23-16-37(28(39)25(18(3)29)35-34-19-9-5-4-6-10-19)14-13-36(23)15-22-30-21-12-8-7-11-20(21)26(31-22)33-24/h4-12,17,23-24,29,34H,13-16H2,1-3H3,(H,32,38)(H,30,31,33)/p+1/b29-18?,35-25+/t23?,24-/m0/s1. The molecule has 202 valence electrons. The maximum Gasteiger partial charge on any atom is 0.279 e. The molecule has 0 spiro atoms. The average molecular weight is 529 g/mol. The molecule has 2 aliphatic heterocycles. The van der Waals surface area contributed by atoms with Crippen molar-refractivity contribution in [2.75, 3.05) is 25.0 Å². The molecule has 11 heteroatoms. The molecule has 3 aromatic rings. The fraction of sp³-hybridized carbons (Fsp3) is 0.357. The lowest BCUT2D eigenvalue weighted by atomic mass is 10.0. The summed E-state index contributed by atoms with van der Waals surface area (Å²) in [6, 6.07) is 16.7. The van der Waals surface area contributed by atoms with E-state index in [-0.39, 0.29) is 35.7 Å². The minimum absolute atomic E-state index is 0.01000. The minimum atomic E-state index is -0.524. The van der Waals surface area contributed by atoms with Crippen molar-refractivity contribution in [3.05, 3.63) is 60.4 Å². The highest BCUT2D eigenvalue weighted by atomic mass is 16.2. The molecule has 1 saturated heterocycles. The Labute approximate surface area is 227 Å². The van der Waals surface area contributed by atoms with E-state index in [1.165, 1.54) is 0 Å². The molecule has 0 saturated carbocycles. The Morgan fingerprint density at radius 1 is 1.08 bits per heavy atom. The summed E-state index contributed by atoms with van der Waals surface area (Å²) in [5, 5.41) is 20.0. The topological polar surface area (TPSA) is 143 Å². The van der Waals surface area contributed by atoms with Crippen LogP contribution in [0.5, 0.6) is 0 Å². The van der Waals surface area contributed by atoms with E-state index in [1.54, 1.807) is 17.2 Å². The highest BCUT2D eigenvalue weighted by Crippen LogP contribution is 2.24. The monoisotopic (exact) mass is 528 g/mol. The first-order chi connectivity index (χ1) is 18.8. The van der Waals surface area contributed by atoms with Crippen LogP contribution in [0.15, 0.2) is 59.7 Å². The zero-order chi connectivity index (χ0) is 27.5. The number of quaternary nitrogens is 1. The highest BCUT2D eigenvalue weighted by molar-refractivity contribution is 6.65. The van der Waals surface area contributed by atoms with Crippen LogP contribution in [-0.2, 0) is 16.1 Å². The molecule has 1 unspecified atom stereocenters. The molecule has 2 amide bonds. The number of nitrogens with two attached hydrogens (primary N) is 1. The Kier molecular flexibility index (Phi) is 7.62. The number of anilines is 1. The lowest BCUT2D eigenvalue weighted by molar-refractivity contribution is -0.577. The fourth-order valence-corrected chi connectivity index (χ4v) is 4.89. The van der Waals surface area contributed by atoms with Crippen LogP contribution < -0.4 is 16.1 Å². The predicted molar refractivity (Wildman–Crippen MR) is 150 cm³/mol. The smallest absolute Gasteiger partial charge is 0.279 e. The van der Waals surface area contributed by atoms with Crippen molar-refractivity contribution in [2.45, 2.75) is 39.5 Å². The number of rotatable bonds is 5. The first-order valence-corrected chi connectivity index (χ1v) is 13.2. The fourth-order valence-electron chi connectivity index (χ4n) is 4.89. The third-order valence-electron chi connectivity index (χ3n) is 7.02. The first kappa shape index (κ1) is 26.4. The molecule has 5 N–H and O–H groups in total. The molecule has 5 rings (SSSR count). The molecule has 2 aliphatic rings. The molecule has 0 radical (unpaired) electrons. The number of amides is 2. The number of aromatic nitrogens is 2. The van der Waals surface area contributed by atoms with Crippen molar-refractivity contribution in [2.24, 2.45) is 11.0 Å². The van der Waals surface area contributed by atoms with Crippen LogP contribution in [0.4, 0.5) is 11.5 Å². The van der Waals surface area contributed by atoms with Crippen LogP contribution in [0.25, 0.3) is 10.9 Å². The van der Waals surface area contributed by atoms with Crippen molar-refractivity contribution in [3.8, 4) is 0 Å². The van der Waals surface area contributed by atoms with Gasteiger partial charge >= 0.3 is 0 Å². The molecular weight excluding hydrogens is 494 g/mol. The number of carbonyl (C=O) groups excluding carboxylic acids is 2. The number of nitrogens with one attached hydrogen (secondary N) is 3. The molecule has 11 nitrogen and oxygen atoms in total. The Bertz CT molecular complexity index is 1420. The molecule has 2 bridgehead atoms. The molecule has 0 aliphatic carbocycles. The van der Waals surface area contributed by atoms with Crippen molar-refractivity contribution in [1.29, 1.82) is 5.41 Å². The SMILES string of the molecule is CC(=N)/C(=N\[NH2+]c1ccccc1)C(=O)N1CCN2Cc3nc(c4ccccc4n3)N[C@@H](C(C)C)C(=O)NC2C1. The number of piperazine rings is 1. The van der Waals surface area contributed by atoms with Gasteiger partial charge in [0, 0.05) is 30.6 Å². The molecule has 1 fully saturated rings. The summed E-state index contributed by atoms with van der Waals surface area (Å²) in [5.41, 5.74) is 3.43. The van der Waals surface area contributed by atoms with E-state index in [0.29, 0.717) is 31.3 Å². The molecule has 2 aromatic carbocycles. The first-order valence-electron chi connectivity index (χ1n) is 13.2. The largest absolute Gasteiger partial charge is 0.358 e. The number of para-hydroxylation sites is 1. The normalized spacial score (nSPS) is 20.3. The summed E-state index contributed by atoms with van der Waals surface area (Å²) in [6.07, 6.45) is -0.444. The van der Waals surface area contributed by atoms with Crippen molar-refractivity contribution in [1.82, 2.24) is 25.1 Å². The van der Waals surface area contributed by atoms with Crippen LogP contribution in [0.2, 0.25) is 0 Å². The van der Waals surface area contributed by atoms with E-state index in [2.05, 4.69) is 20.6 Å². The van der Waals surface area contributed by atoms with Gasteiger partial charge in [0.1, 0.15) is 23.8 Å². The van der Waals surface area contributed by atoms with Crippen LogP contribution in [0.1, 0.15) is 26.6 Å². The summed E-state index contributed by atoms with van der Waals surface area (Å²) in [5.74, 6) is 0.797. The lowest BCUT2D eigenvalue weighted by Crippen LogP contribution is -2.72. The van der Waals surface area contributed by atoms with Crippen LogP contribution in [-0.4, -0.2) is 74.8 Å². The van der Waals surface area contributed by atoms with E-state index in [0.717, 1.165) is 16.6 Å². The van der Waals surface area contributed by atoms with Gasteiger partial charge in [-0.15, -0.1) is 0 Å². The van der Waals surface area contributed by atoms with Gasteiger partial charge in [0.25, 0.3) is 5.91 Å². The van der Waals surface area contributed by atoms with Crippen LogP contribution in [0, 0.1) is 11.3 Å². The Hall–Kier alpha value is -4.22. The number of benzene rings is 2. The molecule has 39 heavy (non-hydrogen) atoms. The molecule has 2 atom stereocenters. The Morgan fingerprint density at radius 3 is 2.56 bits per heavy atom. The summed E-state index contributed by atoms with van der Waals surface area (Å²) in [4.78, 5) is 40.4. The third kappa shape index (κ3) is 5.79. The van der Waals surface area contributed by atoms with Crippen LogP contribution in [0.3, 0.4) is 0 Å². The minimum Gasteiger partial charge on any atom is -0.358 e. The van der Waals surface area contributed by atoms with E-state index in [4.69, 9.17) is 15.4 Å². The average Bonchev–Trinajstić information content (AvgIpc) is 2.92. The number of fused-ring (bicyclic) bond motifs is 5. The van der Waals surface area contributed by atoms with Gasteiger partial charge in [0.2, 0.25) is 11.6 Å². The summed E-state index contributed by atoms with van der Waals surface area (Å²) >= 11 is 0. The second-order valence-corrected chi connectivity index (χ2v) is 10.3. The van der Waals surface area contributed by atoms with Gasteiger partial charge in [0.15, 0.2) is 5.69 Å². The Morgan fingerprint density at radius 2 is 1.82 bits per heavy atom. The van der Waals surface area contributed by atoms with Gasteiger partial charge in [-0.05, 0) is 25.0 Å². The second-order valence-electron chi connectivity index (χ2n) is 10.3. The van der Waals surface area contributed by atoms with Gasteiger partial charge < -0.3 is 20.9 Å². The van der Waals surface area contributed by atoms with E-state index < -0.39 is 12.2 Å². The maximum absolute atomic E-state index is 13.5. The van der Waals surface area contributed by atoms with Crippen molar-refractivity contribution in [3.63, 3.8) is 0 Å². The number of hydrogen-bond donors (Lipinski definition) is 4. The van der Waals surface area contributed by atoms with Gasteiger partial charge in [0.05, 0.1) is 24.3 Å². The van der Waals surface area contributed by atoms with E-state index >= 15 is 0 Å². The lowest BCUT2D eigenvalue weighted by Gasteiger charge is -2.42. The third-order valence-corrected chi connectivity index (χ3v) is 7.02. The van der Waals surface area contributed by atoms with E-state index in [1.807, 2.05) is 68.4 Å². The molecule has 3 heterocycles. The zero-order valence-corrected chi connectivity index (χ0v) is 22.4. The van der Waals surface area contributed by atoms with Gasteiger partial charge in [-0.3, -0.25) is 14.5 Å². The van der Waals surface area contributed by atoms with E-state index in [9.17, 15) is 9.59 Å².